The van der Waals surface area contributed by atoms with Crippen LogP contribution in [0.25, 0.3) is 5.69 Å². The van der Waals surface area contributed by atoms with Crippen LogP contribution in [0.5, 0.6) is 0 Å². The Morgan fingerprint density at radius 1 is 0.833 bits per heavy atom. The molecule has 0 amide bonds. The molecule has 0 N–H and O–H groups in total. The van der Waals surface area contributed by atoms with Gasteiger partial charge in [0.2, 0.25) is 0 Å². The standard InChI is InChI=1S/C24H21N3OS2/c1-18-12-14-20(15-13-18)27-23(17-29-21-10-6-3-7-11-21)25-26-24(27)30-16-22(28)19-8-4-2-5-9-19/h2-15H,16-17H2,1H3. The number of carbonyl (C=O) groups excluding carboxylic acids is 1. The number of aromatic nitrogens is 3. The second-order valence-electron chi connectivity index (χ2n) is 6.75. The normalized spacial score (nSPS) is 10.8. The third kappa shape index (κ3) is 5.01. The van der Waals surface area contributed by atoms with Gasteiger partial charge >= 0.3 is 0 Å². The molecule has 0 saturated carbocycles. The minimum atomic E-state index is 0.0827. The molecule has 0 aliphatic rings. The molecule has 30 heavy (non-hydrogen) atoms. The average molecular weight is 432 g/mol. The Morgan fingerprint density at radius 2 is 1.50 bits per heavy atom. The van der Waals surface area contributed by atoms with Gasteiger partial charge in [0, 0.05) is 16.1 Å². The minimum Gasteiger partial charge on any atom is -0.293 e. The zero-order valence-electron chi connectivity index (χ0n) is 16.6. The lowest BCUT2D eigenvalue weighted by Crippen LogP contribution is -2.05. The molecular formula is C24H21N3OS2. The summed E-state index contributed by atoms with van der Waals surface area (Å²) in [7, 11) is 0. The Hall–Kier alpha value is -2.83. The van der Waals surface area contributed by atoms with Gasteiger partial charge in [-0.2, -0.15) is 0 Å². The summed E-state index contributed by atoms with van der Waals surface area (Å²) in [5, 5.41) is 9.57. The highest BCUT2D eigenvalue weighted by atomic mass is 32.2. The fraction of sp³-hybridized carbons (Fsp3) is 0.125. The molecule has 4 nitrogen and oxygen atoms in total. The summed E-state index contributed by atoms with van der Waals surface area (Å²) in [5.74, 6) is 1.96. The summed E-state index contributed by atoms with van der Waals surface area (Å²) in [6, 6.07) is 27.9. The molecule has 0 fully saturated rings. The number of hydrogen-bond acceptors (Lipinski definition) is 5. The van der Waals surface area contributed by atoms with Crippen molar-refractivity contribution in [3.63, 3.8) is 0 Å². The van der Waals surface area contributed by atoms with Gasteiger partial charge in [-0.25, -0.2) is 0 Å². The Labute approximate surface area is 184 Å². The van der Waals surface area contributed by atoms with Crippen LogP contribution in [0, 0.1) is 6.92 Å². The predicted octanol–water partition coefficient (Wildman–Crippen LogP) is 5.84. The van der Waals surface area contributed by atoms with E-state index >= 15 is 0 Å². The smallest absolute Gasteiger partial charge is 0.196 e. The summed E-state index contributed by atoms with van der Waals surface area (Å²) in [6.45, 7) is 2.07. The largest absolute Gasteiger partial charge is 0.293 e. The third-order valence-corrected chi connectivity index (χ3v) is 6.47. The van der Waals surface area contributed by atoms with E-state index in [2.05, 4.69) is 58.1 Å². The molecule has 1 aromatic heterocycles. The molecule has 0 spiro atoms. The van der Waals surface area contributed by atoms with E-state index in [4.69, 9.17) is 0 Å². The van der Waals surface area contributed by atoms with Crippen LogP contribution < -0.4 is 0 Å². The topological polar surface area (TPSA) is 47.8 Å². The molecule has 1 heterocycles. The SMILES string of the molecule is Cc1ccc(-n2c(CSc3ccccc3)nnc2SCC(=O)c2ccccc2)cc1. The van der Waals surface area contributed by atoms with Crippen LogP contribution in [0.15, 0.2) is 95.0 Å². The third-order valence-electron chi connectivity index (χ3n) is 4.53. The van der Waals surface area contributed by atoms with Crippen molar-refractivity contribution in [1.82, 2.24) is 14.8 Å². The summed E-state index contributed by atoms with van der Waals surface area (Å²) < 4.78 is 2.05. The number of ketones is 1. The molecule has 0 atom stereocenters. The van der Waals surface area contributed by atoms with Crippen LogP contribution in [-0.4, -0.2) is 26.3 Å². The molecule has 0 radical (unpaired) electrons. The van der Waals surface area contributed by atoms with Gasteiger partial charge in [0.15, 0.2) is 10.9 Å². The molecule has 3 aromatic carbocycles. The molecule has 6 heteroatoms. The molecule has 0 unspecified atom stereocenters. The van der Waals surface area contributed by atoms with Crippen molar-refractivity contribution in [3.05, 3.63) is 102 Å². The van der Waals surface area contributed by atoms with Crippen molar-refractivity contribution in [2.75, 3.05) is 5.75 Å². The minimum absolute atomic E-state index is 0.0827. The summed E-state index contributed by atoms with van der Waals surface area (Å²) in [5.41, 5.74) is 2.91. The first-order valence-corrected chi connectivity index (χ1v) is 11.6. The average Bonchev–Trinajstić information content (AvgIpc) is 3.20. The lowest BCUT2D eigenvalue weighted by molar-refractivity contribution is 0.102. The fourth-order valence-electron chi connectivity index (χ4n) is 2.94. The van der Waals surface area contributed by atoms with E-state index in [1.807, 2.05) is 48.5 Å². The quantitative estimate of drug-likeness (QED) is 0.259. The number of nitrogens with zero attached hydrogens (tertiary/aromatic N) is 3. The van der Waals surface area contributed by atoms with Gasteiger partial charge in [0.1, 0.15) is 5.82 Å². The van der Waals surface area contributed by atoms with Gasteiger partial charge in [-0.05, 0) is 31.2 Å². The van der Waals surface area contributed by atoms with Crippen molar-refractivity contribution in [1.29, 1.82) is 0 Å². The van der Waals surface area contributed by atoms with E-state index in [-0.39, 0.29) is 5.78 Å². The number of benzene rings is 3. The monoisotopic (exact) mass is 431 g/mol. The Kier molecular flexibility index (Phi) is 6.67. The number of thioether (sulfide) groups is 2. The number of hydrogen-bond donors (Lipinski definition) is 0. The van der Waals surface area contributed by atoms with E-state index in [1.165, 1.54) is 22.2 Å². The van der Waals surface area contributed by atoms with Crippen LogP contribution in [-0.2, 0) is 5.75 Å². The Bertz CT molecular complexity index is 1110. The van der Waals surface area contributed by atoms with Gasteiger partial charge < -0.3 is 0 Å². The molecule has 150 valence electrons. The van der Waals surface area contributed by atoms with E-state index in [0.29, 0.717) is 17.1 Å². The highest BCUT2D eigenvalue weighted by Gasteiger charge is 2.16. The van der Waals surface area contributed by atoms with Crippen molar-refractivity contribution in [2.24, 2.45) is 0 Å². The first-order valence-electron chi connectivity index (χ1n) is 9.61. The second kappa shape index (κ2) is 9.78. The lowest BCUT2D eigenvalue weighted by Gasteiger charge is -2.10. The van der Waals surface area contributed by atoms with Crippen LogP contribution >= 0.6 is 23.5 Å². The van der Waals surface area contributed by atoms with Gasteiger partial charge in [-0.15, -0.1) is 22.0 Å². The van der Waals surface area contributed by atoms with E-state index in [0.717, 1.165) is 16.7 Å². The number of rotatable bonds is 8. The van der Waals surface area contributed by atoms with E-state index < -0.39 is 0 Å². The molecule has 0 bridgehead atoms. The first-order chi connectivity index (χ1) is 14.7. The lowest BCUT2D eigenvalue weighted by atomic mass is 10.2. The fourth-order valence-corrected chi connectivity index (χ4v) is 4.64. The zero-order valence-corrected chi connectivity index (χ0v) is 18.2. The molecule has 0 aliphatic heterocycles. The summed E-state index contributed by atoms with van der Waals surface area (Å²) in [6.07, 6.45) is 0. The highest BCUT2D eigenvalue weighted by molar-refractivity contribution is 7.99. The molecule has 4 aromatic rings. The van der Waals surface area contributed by atoms with Gasteiger partial charge in [-0.1, -0.05) is 78.0 Å². The van der Waals surface area contributed by atoms with Gasteiger partial charge in [0.05, 0.1) is 11.5 Å². The molecule has 0 aliphatic carbocycles. The van der Waals surface area contributed by atoms with E-state index in [1.54, 1.807) is 11.8 Å². The zero-order chi connectivity index (χ0) is 20.8. The van der Waals surface area contributed by atoms with Crippen molar-refractivity contribution >= 4 is 29.3 Å². The maximum Gasteiger partial charge on any atom is 0.196 e. The van der Waals surface area contributed by atoms with Gasteiger partial charge in [-0.3, -0.25) is 9.36 Å². The molecule has 0 saturated heterocycles. The van der Waals surface area contributed by atoms with Crippen molar-refractivity contribution in [2.45, 2.75) is 22.7 Å². The highest BCUT2D eigenvalue weighted by Crippen LogP contribution is 2.27. The van der Waals surface area contributed by atoms with Crippen LogP contribution in [0.3, 0.4) is 0 Å². The number of Topliss-reactive ketones (excluding diaryl/α,β-unsaturated/α-hetero) is 1. The number of carbonyl (C=O) groups is 1. The Balaban J connectivity index is 1.57. The maximum absolute atomic E-state index is 12.5. The number of aryl methyl sites for hydroxylation is 1. The van der Waals surface area contributed by atoms with Gasteiger partial charge in [0.25, 0.3) is 0 Å². The summed E-state index contributed by atoms with van der Waals surface area (Å²) in [4.78, 5) is 13.7. The van der Waals surface area contributed by atoms with Crippen LogP contribution in [0.4, 0.5) is 0 Å². The Morgan fingerprint density at radius 3 is 2.20 bits per heavy atom. The molecule has 4 rings (SSSR count). The molecular weight excluding hydrogens is 410 g/mol. The maximum atomic E-state index is 12.5. The predicted molar refractivity (Wildman–Crippen MR) is 124 cm³/mol. The second-order valence-corrected chi connectivity index (χ2v) is 8.74. The van der Waals surface area contributed by atoms with Crippen LogP contribution in [0.2, 0.25) is 0 Å². The van der Waals surface area contributed by atoms with Crippen molar-refractivity contribution in [3.8, 4) is 5.69 Å². The first kappa shape index (κ1) is 20.4. The van der Waals surface area contributed by atoms with Crippen molar-refractivity contribution < 1.29 is 4.79 Å². The van der Waals surface area contributed by atoms with E-state index in [9.17, 15) is 4.79 Å². The summed E-state index contributed by atoms with van der Waals surface area (Å²) >= 11 is 3.14. The van der Waals surface area contributed by atoms with Crippen LogP contribution in [0.1, 0.15) is 21.7 Å².